The van der Waals surface area contributed by atoms with Gasteiger partial charge in [-0.1, -0.05) is 12.1 Å². The molecule has 0 spiro atoms. The van der Waals surface area contributed by atoms with Crippen molar-refractivity contribution in [3.63, 3.8) is 0 Å². The second-order valence-electron chi connectivity index (χ2n) is 5.23. The molecule has 2 rings (SSSR count). The number of primary amides is 1. The Kier molecular flexibility index (Phi) is 4.70. The Morgan fingerprint density at radius 3 is 2.64 bits per heavy atom. The fourth-order valence-electron chi connectivity index (χ4n) is 2.24. The molecule has 1 heterocycles. The largest absolute Gasteiger partial charge is 0.480 e. The summed E-state index contributed by atoms with van der Waals surface area (Å²) >= 11 is 0. The van der Waals surface area contributed by atoms with Crippen molar-refractivity contribution < 1.29 is 22.7 Å². The first-order chi connectivity index (χ1) is 10.3. The molecule has 0 bridgehead atoms. The minimum Gasteiger partial charge on any atom is -0.480 e. The Morgan fingerprint density at radius 2 is 2.05 bits per heavy atom. The highest BCUT2D eigenvalue weighted by Gasteiger charge is 2.30. The molecule has 3 N–H and O–H groups in total. The fourth-order valence-corrected chi connectivity index (χ4v) is 3.92. The van der Waals surface area contributed by atoms with Gasteiger partial charge in [0, 0.05) is 6.04 Å². The van der Waals surface area contributed by atoms with Crippen molar-refractivity contribution >= 4 is 21.7 Å². The van der Waals surface area contributed by atoms with Crippen molar-refractivity contribution in [2.75, 3.05) is 11.5 Å². The minimum atomic E-state index is -3.06. The first kappa shape index (κ1) is 16.3. The monoisotopic (exact) mass is 326 g/mol. The van der Waals surface area contributed by atoms with Gasteiger partial charge in [-0.2, -0.15) is 0 Å². The molecule has 8 heteroatoms. The summed E-state index contributed by atoms with van der Waals surface area (Å²) in [6.45, 7) is 1.52. The molecule has 0 aliphatic carbocycles. The van der Waals surface area contributed by atoms with Gasteiger partial charge >= 0.3 is 0 Å². The van der Waals surface area contributed by atoms with Crippen molar-refractivity contribution in [2.45, 2.75) is 25.5 Å². The Labute approximate surface area is 128 Å². The molecule has 1 aliphatic heterocycles. The summed E-state index contributed by atoms with van der Waals surface area (Å²) in [5.74, 6) is -0.829. The highest BCUT2D eigenvalue weighted by molar-refractivity contribution is 7.91. The summed E-state index contributed by atoms with van der Waals surface area (Å²) in [6.07, 6.45) is -0.470. The molecule has 22 heavy (non-hydrogen) atoms. The number of amides is 2. The van der Waals surface area contributed by atoms with E-state index in [9.17, 15) is 18.0 Å². The van der Waals surface area contributed by atoms with Gasteiger partial charge in [0.15, 0.2) is 15.9 Å². The third-order valence-corrected chi connectivity index (χ3v) is 5.17. The molecule has 1 saturated heterocycles. The van der Waals surface area contributed by atoms with Gasteiger partial charge < -0.3 is 15.8 Å². The van der Waals surface area contributed by atoms with Crippen LogP contribution in [0.1, 0.15) is 23.7 Å². The Hall–Kier alpha value is -2.09. The Bertz CT molecular complexity index is 686. The number of hydrogen-bond acceptors (Lipinski definition) is 5. The number of carbonyl (C=O) groups excluding carboxylic acids is 2. The van der Waals surface area contributed by atoms with Gasteiger partial charge in [0.25, 0.3) is 11.8 Å². The Balaban J connectivity index is 1.99. The van der Waals surface area contributed by atoms with Crippen molar-refractivity contribution in [2.24, 2.45) is 5.73 Å². The number of sulfone groups is 1. The molecule has 1 aliphatic rings. The molecule has 1 aromatic rings. The molecule has 2 atom stereocenters. The van der Waals surface area contributed by atoms with Crippen LogP contribution < -0.4 is 15.8 Å². The Morgan fingerprint density at radius 1 is 1.36 bits per heavy atom. The highest BCUT2D eigenvalue weighted by Crippen LogP contribution is 2.19. The van der Waals surface area contributed by atoms with Gasteiger partial charge in [-0.05, 0) is 25.5 Å². The normalized spacial score (nSPS) is 21.0. The molecule has 7 nitrogen and oxygen atoms in total. The van der Waals surface area contributed by atoms with E-state index < -0.39 is 33.8 Å². The van der Waals surface area contributed by atoms with E-state index in [2.05, 4.69) is 5.32 Å². The zero-order chi connectivity index (χ0) is 16.3. The summed E-state index contributed by atoms with van der Waals surface area (Å²) in [4.78, 5) is 23.3. The number of rotatable bonds is 5. The van der Waals surface area contributed by atoms with Crippen molar-refractivity contribution in [1.82, 2.24) is 5.32 Å². The standard InChI is InChI=1S/C14H18N2O5S/c1-9(14(18)16-10-6-7-22(19,20)8-10)21-12-5-3-2-4-11(12)13(15)17/h2-5,9-10H,6-8H2,1H3,(H2,15,17)(H,16,18)/t9-,10-/m1/s1. The third kappa shape index (κ3) is 3.97. The number of nitrogens with two attached hydrogens (primary N) is 1. The van der Waals surface area contributed by atoms with Crippen LogP contribution in [0.25, 0.3) is 0 Å². The van der Waals surface area contributed by atoms with Gasteiger partial charge in [0.1, 0.15) is 5.75 Å². The molecule has 0 saturated carbocycles. The van der Waals surface area contributed by atoms with E-state index in [1.54, 1.807) is 18.2 Å². The lowest BCUT2D eigenvalue weighted by atomic mass is 10.2. The number of hydrogen-bond donors (Lipinski definition) is 2. The van der Waals surface area contributed by atoms with E-state index >= 15 is 0 Å². The van der Waals surface area contributed by atoms with E-state index in [-0.39, 0.29) is 22.8 Å². The maximum Gasteiger partial charge on any atom is 0.261 e. The molecule has 0 radical (unpaired) electrons. The van der Waals surface area contributed by atoms with Crippen LogP contribution in [0.15, 0.2) is 24.3 Å². The second-order valence-corrected chi connectivity index (χ2v) is 7.46. The maximum atomic E-state index is 12.0. The van der Waals surface area contributed by atoms with Gasteiger partial charge in [-0.25, -0.2) is 8.42 Å². The predicted molar refractivity (Wildman–Crippen MR) is 80.3 cm³/mol. The van der Waals surface area contributed by atoms with E-state index in [1.165, 1.54) is 13.0 Å². The first-order valence-electron chi connectivity index (χ1n) is 6.85. The summed E-state index contributed by atoms with van der Waals surface area (Å²) < 4.78 is 28.2. The van der Waals surface area contributed by atoms with Crippen LogP contribution in [-0.4, -0.2) is 43.9 Å². The maximum absolute atomic E-state index is 12.0. The average molecular weight is 326 g/mol. The van der Waals surface area contributed by atoms with E-state index in [0.717, 1.165) is 0 Å². The molecule has 2 amide bonds. The summed E-state index contributed by atoms with van der Waals surface area (Å²) in [7, 11) is -3.06. The van der Waals surface area contributed by atoms with Gasteiger partial charge in [-0.3, -0.25) is 9.59 Å². The average Bonchev–Trinajstić information content (AvgIpc) is 2.78. The lowest BCUT2D eigenvalue weighted by Gasteiger charge is -2.18. The SMILES string of the molecule is C[C@@H](Oc1ccccc1C(N)=O)C(=O)N[C@@H]1CCS(=O)(=O)C1. The van der Waals surface area contributed by atoms with E-state index in [4.69, 9.17) is 10.5 Å². The van der Waals surface area contributed by atoms with Gasteiger partial charge in [0.2, 0.25) is 0 Å². The van der Waals surface area contributed by atoms with Crippen molar-refractivity contribution in [3.8, 4) is 5.75 Å². The quantitative estimate of drug-likeness (QED) is 0.781. The lowest BCUT2D eigenvalue weighted by Crippen LogP contribution is -2.43. The zero-order valence-electron chi connectivity index (χ0n) is 12.1. The molecule has 1 aromatic carbocycles. The number of carbonyl (C=O) groups is 2. The number of ether oxygens (including phenoxy) is 1. The van der Waals surface area contributed by atoms with Crippen LogP contribution in [0.3, 0.4) is 0 Å². The van der Waals surface area contributed by atoms with Crippen LogP contribution in [0, 0.1) is 0 Å². The van der Waals surface area contributed by atoms with Gasteiger partial charge in [-0.15, -0.1) is 0 Å². The fraction of sp³-hybridized carbons (Fsp3) is 0.429. The van der Waals surface area contributed by atoms with Crippen LogP contribution in [0.4, 0.5) is 0 Å². The molecular formula is C14H18N2O5S. The predicted octanol–water partition coefficient (Wildman–Crippen LogP) is -0.144. The molecule has 120 valence electrons. The molecule has 1 fully saturated rings. The summed E-state index contributed by atoms with van der Waals surface area (Å²) in [6, 6.07) is 5.96. The number of para-hydroxylation sites is 1. The molecule has 0 aromatic heterocycles. The number of benzene rings is 1. The van der Waals surface area contributed by atoms with Crippen LogP contribution in [0.5, 0.6) is 5.75 Å². The van der Waals surface area contributed by atoms with Crippen LogP contribution >= 0.6 is 0 Å². The first-order valence-corrected chi connectivity index (χ1v) is 8.67. The van der Waals surface area contributed by atoms with Crippen molar-refractivity contribution in [1.29, 1.82) is 0 Å². The van der Waals surface area contributed by atoms with Crippen molar-refractivity contribution in [3.05, 3.63) is 29.8 Å². The third-order valence-electron chi connectivity index (χ3n) is 3.40. The van der Waals surface area contributed by atoms with E-state index in [0.29, 0.717) is 6.42 Å². The molecular weight excluding hydrogens is 308 g/mol. The molecule has 0 unspecified atom stereocenters. The minimum absolute atomic E-state index is 0.0522. The topological polar surface area (TPSA) is 116 Å². The highest BCUT2D eigenvalue weighted by atomic mass is 32.2. The van der Waals surface area contributed by atoms with Crippen LogP contribution in [-0.2, 0) is 14.6 Å². The number of nitrogens with one attached hydrogen (secondary N) is 1. The lowest BCUT2D eigenvalue weighted by molar-refractivity contribution is -0.127. The second kappa shape index (κ2) is 6.35. The summed E-state index contributed by atoms with van der Waals surface area (Å²) in [5.41, 5.74) is 5.43. The zero-order valence-corrected chi connectivity index (χ0v) is 12.9. The van der Waals surface area contributed by atoms with E-state index in [1.807, 2.05) is 0 Å². The smallest absolute Gasteiger partial charge is 0.261 e. The van der Waals surface area contributed by atoms with Gasteiger partial charge in [0.05, 0.1) is 17.1 Å². The van der Waals surface area contributed by atoms with Crippen LogP contribution in [0.2, 0.25) is 0 Å². The summed E-state index contributed by atoms with van der Waals surface area (Å²) in [5, 5.41) is 2.64.